The van der Waals surface area contributed by atoms with Gasteiger partial charge in [0.1, 0.15) is 0 Å². The van der Waals surface area contributed by atoms with Crippen LogP contribution in [0.15, 0.2) is 188 Å². The molecule has 51 heavy (non-hydrogen) atoms. The molecular formula is C48H31NS2. The Bertz CT molecular complexity index is 2830. The van der Waals surface area contributed by atoms with Crippen molar-refractivity contribution >= 4 is 80.1 Å². The van der Waals surface area contributed by atoms with Crippen molar-refractivity contribution in [1.29, 1.82) is 0 Å². The molecule has 8 aromatic carbocycles. The summed E-state index contributed by atoms with van der Waals surface area (Å²) in [6, 6.07) is 68.5. The minimum atomic E-state index is 1.13. The van der Waals surface area contributed by atoms with Gasteiger partial charge >= 0.3 is 0 Å². The van der Waals surface area contributed by atoms with Gasteiger partial charge in [-0.05, 0) is 69.8 Å². The van der Waals surface area contributed by atoms with E-state index in [1.165, 1.54) is 85.1 Å². The average molecular weight is 686 g/mol. The number of thiophene rings is 2. The summed E-state index contributed by atoms with van der Waals surface area (Å²) in [5, 5.41) is 5.17. The van der Waals surface area contributed by atoms with Gasteiger partial charge < -0.3 is 4.90 Å². The zero-order chi connectivity index (χ0) is 33.7. The van der Waals surface area contributed by atoms with E-state index in [4.69, 9.17) is 0 Å². The third-order valence-electron chi connectivity index (χ3n) is 9.90. The highest BCUT2D eigenvalue weighted by molar-refractivity contribution is 7.27. The van der Waals surface area contributed by atoms with Crippen LogP contribution in [0, 0.1) is 0 Å². The first-order valence-electron chi connectivity index (χ1n) is 17.3. The molecule has 0 bridgehead atoms. The van der Waals surface area contributed by atoms with Crippen LogP contribution >= 0.6 is 22.7 Å². The fourth-order valence-corrected chi connectivity index (χ4v) is 9.93. The molecule has 1 nitrogen and oxygen atoms in total. The van der Waals surface area contributed by atoms with Crippen molar-refractivity contribution in [2.75, 3.05) is 4.90 Å². The number of benzene rings is 8. The minimum absolute atomic E-state index is 1.13. The van der Waals surface area contributed by atoms with Crippen molar-refractivity contribution in [3.05, 3.63) is 188 Å². The van der Waals surface area contributed by atoms with Crippen LogP contribution in [0.1, 0.15) is 0 Å². The first-order chi connectivity index (χ1) is 25.3. The second kappa shape index (κ2) is 12.4. The Hall–Kier alpha value is -6.00. The molecule has 0 amide bonds. The van der Waals surface area contributed by atoms with Gasteiger partial charge in [0.05, 0.1) is 16.1 Å². The maximum Gasteiger partial charge on any atom is 0.0640 e. The summed E-state index contributed by atoms with van der Waals surface area (Å²) in [6.45, 7) is 0. The molecule has 2 aromatic heterocycles. The van der Waals surface area contributed by atoms with Crippen LogP contribution in [0.5, 0.6) is 0 Å². The van der Waals surface area contributed by atoms with E-state index in [0.717, 1.165) is 5.69 Å². The zero-order valence-corrected chi connectivity index (χ0v) is 29.3. The first kappa shape index (κ1) is 29.9. The predicted molar refractivity (Wildman–Crippen MR) is 223 cm³/mol. The lowest BCUT2D eigenvalue weighted by Crippen LogP contribution is -2.10. The molecule has 0 unspecified atom stereocenters. The maximum absolute atomic E-state index is 2.49. The van der Waals surface area contributed by atoms with Crippen LogP contribution in [-0.2, 0) is 0 Å². The number of fused-ring (bicyclic) bond motifs is 6. The lowest BCUT2D eigenvalue weighted by Gasteiger charge is -2.27. The van der Waals surface area contributed by atoms with Crippen LogP contribution in [0.2, 0.25) is 0 Å². The fraction of sp³-hybridized carbons (Fsp3) is 0. The smallest absolute Gasteiger partial charge is 0.0640 e. The summed E-state index contributed by atoms with van der Waals surface area (Å²) in [5.74, 6) is 0. The largest absolute Gasteiger partial charge is 0.308 e. The van der Waals surface area contributed by atoms with Crippen molar-refractivity contribution in [3.8, 4) is 33.4 Å². The summed E-state index contributed by atoms with van der Waals surface area (Å²) in [7, 11) is 0. The Morgan fingerprint density at radius 3 is 1.55 bits per heavy atom. The van der Waals surface area contributed by atoms with E-state index in [1.807, 2.05) is 22.7 Å². The summed E-state index contributed by atoms with van der Waals surface area (Å²) < 4.78 is 5.21. The lowest BCUT2D eigenvalue weighted by molar-refractivity contribution is 1.32. The van der Waals surface area contributed by atoms with E-state index in [9.17, 15) is 0 Å². The molecule has 0 spiro atoms. The van der Waals surface area contributed by atoms with Gasteiger partial charge in [0.25, 0.3) is 0 Å². The molecule has 240 valence electrons. The van der Waals surface area contributed by atoms with Crippen molar-refractivity contribution in [1.82, 2.24) is 0 Å². The molecule has 0 aliphatic rings. The Labute approximate surface area is 304 Å². The minimum Gasteiger partial charge on any atom is -0.308 e. The SMILES string of the molecule is c1ccc(-c2ccc(-c3ccc(N(c4cccc5c4sc4c(-c6ccccc6)cccc45)c4cccc5sc6ccccc6c45)cc3)cc2)cc1. The van der Waals surface area contributed by atoms with Crippen LogP contribution in [0.25, 0.3) is 73.7 Å². The van der Waals surface area contributed by atoms with E-state index >= 15 is 0 Å². The van der Waals surface area contributed by atoms with Crippen molar-refractivity contribution in [2.45, 2.75) is 0 Å². The fourth-order valence-electron chi connectivity index (χ4n) is 7.47. The summed E-state index contributed by atoms with van der Waals surface area (Å²) in [5.41, 5.74) is 10.9. The van der Waals surface area contributed by atoms with Gasteiger partial charge in [-0.2, -0.15) is 0 Å². The third kappa shape index (κ3) is 5.13. The molecule has 10 rings (SSSR count). The molecular weight excluding hydrogens is 655 g/mol. The molecule has 0 aliphatic heterocycles. The lowest BCUT2D eigenvalue weighted by atomic mass is 10.00. The van der Waals surface area contributed by atoms with Crippen LogP contribution in [0.3, 0.4) is 0 Å². The van der Waals surface area contributed by atoms with Crippen molar-refractivity contribution in [3.63, 3.8) is 0 Å². The van der Waals surface area contributed by atoms with Gasteiger partial charge in [-0.15, -0.1) is 22.7 Å². The molecule has 0 saturated heterocycles. The summed E-state index contributed by atoms with van der Waals surface area (Å²) in [6.07, 6.45) is 0. The highest BCUT2D eigenvalue weighted by atomic mass is 32.1. The highest BCUT2D eigenvalue weighted by Gasteiger charge is 2.22. The molecule has 3 heteroatoms. The van der Waals surface area contributed by atoms with E-state index in [-0.39, 0.29) is 0 Å². The number of hydrogen-bond acceptors (Lipinski definition) is 3. The topological polar surface area (TPSA) is 3.24 Å². The van der Waals surface area contributed by atoms with E-state index in [1.54, 1.807) is 0 Å². The predicted octanol–water partition coefficient (Wildman–Crippen LogP) is 14.9. The highest BCUT2D eigenvalue weighted by Crippen LogP contribution is 2.50. The van der Waals surface area contributed by atoms with Crippen LogP contribution < -0.4 is 4.90 Å². The molecule has 0 saturated carbocycles. The number of hydrogen-bond donors (Lipinski definition) is 0. The maximum atomic E-state index is 2.49. The first-order valence-corrected chi connectivity index (χ1v) is 18.9. The Kier molecular flexibility index (Phi) is 7.26. The molecule has 0 N–H and O–H groups in total. The summed E-state index contributed by atoms with van der Waals surface area (Å²) in [4.78, 5) is 2.49. The third-order valence-corrected chi connectivity index (χ3v) is 12.3. The van der Waals surface area contributed by atoms with E-state index in [0.29, 0.717) is 0 Å². The van der Waals surface area contributed by atoms with Crippen molar-refractivity contribution in [2.24, 2.45) is 0 Å². The van der Waals surface area contributed by atoms with Gasteiger partial charge in [-0.25, -0.2) is 0 Å². The molecule has 0 fully saturated rings. The normalized spacial score (nSPS) is 11.5. The van der Waals surface area contributed by atoms with Gasteiger partial charge in [-0.1, -0.05) is 152 Å². The standard InChI is InChI=1S/C48H31NS2/c1-3-12-32(13-4-1)33-24-26-34(27-25-33)35-28-30-37(31-29-35)49(42-20-11-23-45-46(42)41-16-7-8-22-44(41)50-45)43-21-10-19-40-39-18-9-17-38(47(39)51-48(40)43)36-14-5-2-6-15-36/h1-31H. The van der Waals surface area contributed by atoms with Gasteiger partial charge in [-0.3, -0.25) is 0 Å². The summed E-state index contributed by atoms with van der Waals surface area (Å²) >= 11 is 3.76. The van der Waals surface area contributed by atoms with Gasteiger partial charge in [0, 0.05) is 41.3 Å². The molecule has 2 heterocycles. The monoisotopic (exact) mass is 685 g/mol. The van der Waals surface area contributed by atoms with Crippen LogP contribution in [0.4, 0.5) is 17.1 Å². The second-order valence-corrected chi connectivity index (χ2v) is 15.0. The Balaban J connectivity index is 1.16. The molecule has 10 aromatic rings. The Morgan fingerprint density at radius 2 is 0.824 bits per heavy atom. The quantitative estimate of drug-likeness (QED) is 0.168. The van der Waals surface area contributed by atoms with Gasteiger partial charge in [0.2, 0.25) is 0 Å². The number of rotatable bonds is 6. The van der Waals surface area contributed by atoms with Gasteiger partial charge in [0.15, 0.2) is 0 Å². The number of anilines is 3. The second-order valence-electron chi connectivity index (χ2n) is 12.9. The molecule has 0 atom stereocenters. The zero-order valence-electron chi connectivity index (χ0n) is 27.7. The van der Waals surface area contributed by atoms with E-state index in [2.05, 4.69) is 193 Å². The van der Waals surface area contributed by atoms with Crippen LogP contribution in [-0.4, -0.2) is 0 Å². The molecule has 0 radical (unpaired) electrons. The Morgan fingerprint density at radius 1 is 0.314 bits per heavy atom. The molecule has 0 aliphatic carbocycles. The number of nitrogens with zero attached hydrogens (tertiary/aromatic N) is 1. The van der Waals surface area contributed by atoms with Crippen molar-refractivity contribution < 1.29 is 0 Å². The van der Waals surface area contributed by atoms with E-state index < -0.39 is 0 Å². The average Bonchev–Trinajstić information content (AvgIpc) is 3.79.